The normalized spacial score (nSPS) is 12.7. The molecule has 0 saturated carbocycles. The molecular weight excluding hydrogens is 370 g/mol. The van der Waals surface area contributed by atoms with Crippen molar-refractivity contribution in [3.05, 3.63) is 44.7 Å². The number of carbonyl (C=O) groups excluding carboxylic acids is 1. The Bertz CT molecular complexity index is 847. The molecule has 1 amide bonds. The third-order valence-corrected chi connectivity index (χ3v) is 5.52. The number of aromatic nitrogens is 1. The van der Waals surface area contributed by atoms with Crippen LogP contribution in [0.3, 0.4) is 0 Å². The Morgan fingerprint density at radius 1 is 1.35 bits per heavy atom. The largest absolute Gasteiger partial charge is 0.496 e. The summed E-state index contributed by atoms with van der Waals surface area (Å²) in [6.07, 6.45) is 2.09. The van der Waals surface area contributed by atoms with E-state index in [1.807, 2.05) is 18.7 Å². The van der Waals surface area contributed by atoms with Crippen molar-refractivity contribution in [1.29, 1.82) is 0 Å². The van der Waals surface area contributed by atoms with E-state index in [2.05, 4.69) is 36.9 Å². The fraction of sp³-hybridized carbons (Fsp3) is 0.474. The van der Waals surface area contributed by atoms with Crippen LogP contribution in [0.5, 0.6) is 5.75 Å². The number of rotatable bonds is 5. The van der Waals surface area contributed by atoms with E-state index in [-0.39, 0.29) is 11.3 Å². The van der Waals surface area contributed by atoms with E-state index < -0.39 is 0 Å². The number of hydrogen-bond acceptors (Lipinski definition) is 4. The van der Waals surface area contributed by atoms with Crippen molar-refractivity contribution < 1.29 is 9.53 Å². The quantitative estimate of drug-likeness (QED) is 0.773. The molecule has 0 radical (unpaired) electrons. The van der Waals surface area contributed by atoms with Crippen LogP contribution in [0.2, 0.25) is 5.02 Å². The van der Waals surface area contributed by atoms with Crippen molar-refractivity contribution in [3.63, 3.8) is 0 Å². The molecule has 142 valence electrons. The van der Waals surface area contributed by atoms with Crippen LogP contribution >= 0.6 is 22.9 Å². The van der Waals surface area contributed by atoms with Gasteiger partial charge in [0.05, 0.1) is 12.7 Å². The SMILES string of the molecule is COc1ccc(Cl)cc1C(=O)N=c1sc(C(C)(C)C)cn1CCN(C)C. The molecule has 2 rings (SSSR count). The highest BCUT2D eigenvalue weighted by Crippen LogP contribution is 2.25. The first-order valence-corrected chi connectivity index (χ1v) is 9.59. The van der Waals surface area contributed by atoms with Gasteiger partial charge in [-0.15, -0.1) is 11.3 Å². The number of thiazole rings is 1. The molecule has 26 heavy (non-hydrogen) atoms. The van der Waals surface area contributed by atoms with Crippen LogP contribution in [-0.4, -0.2) is 43.1 Å². The summed E-state index contributed by atoms with van der Waals surface area (Å²) in [5.41, 5.74) is 0.361. The molecule has 0 N–H and O–H groups in total. The number of carbonyl (C=O) groups is 1. The van der Waals surface area contributed by atoms with E-state index in [1.165, 1.54) is 12.0 Å². The fourth-order valence-electron chi connectivity index (χ4n) is 2.28. The summed E-state index contributed by atoms with van der Waals surface area (Å²) >= 11 is 7.58. The smallest absolute Gasteiger partial charge is 0.283 e. The molecule has 0 atom stereocenters. The third kappa shape index (κ3) is 5.19. The van der Waals surface area contributed by atoms with Gasteiger partial charge in [-0.3, -0.25) is 4.79 Å². The first-order valence-electron chi connectivity index (χ1n) is 8.40. The van der Waals surface area contributed by atoms with E-state index in [1.54, 1.807) is 29.5 Å². The summed E-state index contributed by atoms with van der Waals surface area (Å²) in [6, 6.07) is 4.96. The van der Waals surface area contributed by atoms with Crippen molar-refractivity contribution in [2.24, 2.45) is 4.99 Å². The Labute approximate surface area is 163 Å². The second-order valence-electron chi connectivity index (χ2n) is 7.39. The highest BCUT2D eigenvalue weighted by atomic mass is 35.5. The standard InChI is InChI=1S/C19H26ClN3O2S/c1-19(2,3)16-12-23(10-9-22(4)5)18(26-16)21-17(24)14-11-13(20)7-8-15(14)25-6/h7-8,11-12H,9-10H2,1-6H3. The summed E-state index contributed by atoms with van der Waals surface area (Å²) in [7, 11) is 5.58. The summed E-state index contributed by atoms with van der Waals surface area (Å²) in [6.45, 7) is 8.09. The lowest BCUT2D eigenvalue weighted by Gasteiger charge is -2.15. The molecule has 1 heterocycles. The average molecular weight is 396 g/mol. The summed E-state index contributed by atoms with van der Waals surface area (Å²) in [4.78, 5) is 21.1. The van der Waals surface area contributed by atoms with Crippen LogP contribution in [0.1, 0.15) is 36.0 Å². The second kappa shape index (κ2) is 8.37. The zero-order chi connectivity index (χ0) is 19.5. The molecule has 0 spiro atoms. The minimum atomic E-state index is -0.356. The lowest BCUT2D eigenvalue weighted by atomic mass is 9.95. The molecule has 2 aromatic rings. The van der Waals surface area contributed by atoms with Crippen LogP contribution < -0.4 is 9.54 Å². The van der Waals surface area contributed by atoms with E-state index in [0.29, 0.717) is 21.1 Å². The molecule has 0 aliphatic rings. The molecule has 0 saturated heterocycles. The van der Waals surface area contributed by atoms with Gasteiger partial charge in [0, 0.05) is 29.2 Å². The van der Waals surface area contributed by atoms with Gasteiger partial charge in [-0.05, 0) is 37.7 Å². The molecule has 0 aliphatic heterocycles. The summed E-state index contributed by atoms with van der Waals surface area (Å²) in [5, 5.41) is 0.478. The Morgan fingerprint density at radius 3 is 2.62 bits per heavy atom. The Kier molecular flexibility index (Phi) is 6.66. The van der Waals surface area contributed by atoms with Crippen molar-refractivity contribution in [2.75, 3.05) is 27.7 Å². The summed E-state index contributed by atoms with van der Waals surface area (Å²) < 4.78 is 7.32. The fourth-order valence-corrected chi connectivity index (χ4v) is 3.52. The number of amides is 1. The molecule has 7 heteroatoms. The van der Waals surface area contributed by atoms with Gasteiger partial charge in [-0.1, -0.05) is 32.4 Å². The highest BCUT2D eigenvalue weighted by molar-refractivity contribution is 7.09. The molecule has 0 bridgehead atoms. The Balaban J connectivity index is 2.49. The third-order valence-electron chi connectivity index (χ3n) is 3.84. The zero-order valence-electron chi connectivity index (χ0n) is 16.2. The van der Waals surface area contributed by atoms with E-state index in [9.17, 15) is 4.79 Å². The number of halogens is 1. The van der Waals surface area contributed by atoms with Gasteiger partial charge in [0.15, 0.2) is 4.80 Å². The predicted octanol–water partition coefficient (Wildman–Crippen LogP) is 3.81. The van der Waals surface area contributed by atoms with E-state index >= 15 is 0 Å². The lowest BCUT2D eigenvalue weighted by molar-refractivity contribution is 0.0994. The lowest BCUT2D eigenvalue weighted by Crippen LogP contribution is -2.24. The molecular formula is C19H26ClN3O2S. The number of likely N-dealkylation sites (N-methyl/N-ethyl adjacent to an activating group) is 1. The summed E-state index contributed by atoms with van der Waals surface area (Å²) in [5.74, 6) is 0.112. The number of hydrogen-bond donors (Lipinski definition) is 0. The van der Waals surface area contributed by atoms with Gasteiger partial charge in [0.25, 0.3) is 5.91 Å². The zero-order valence-corrected chi connectivity index (χ0v) is 17.7. The number of benzene rings is 1. The van der Waals surface area contributed by atoms with Gasteiger partial charge in [0.1, 0.15) is 5.75 Å². The van der Waals surface area contributed by atoms with E-state index in [4.69, 9.17) is 16.3 Å². The Morgan fingerprint density at radius 2 is 2.04 bits per heavy atom. The van der Waals surface area contributed by atoms with Gasteiger partial charge >= 0.3 is 0 Å². The predicted molar refractivity (Wildman–Crippen MR) is 107 cm³/mol. The van der Waals surface area contributed by atoms with Gasteiger partial charge in [-0.25, -0.2) is 0 Å². The molecule has 5 nitrogen and oxygen atoms in total. The van der Waals surface area contributed by atoms with Crippen LogP contribution in [0.25, 0.3) is 0 Å². The molecule has 1 aromatic carbocycles. The van der Waals surface area contributed by atoms with Crippen LogP contribution in [-0.2, 0) is 12.0 Å². The molecule has 0 unspecified atom stereocenters. The Hall–Kier alpha value is -1.63. The van der Waals surface area contributed by atoms with Crippen molar-refractivity contribution in [2.45, 2.75) is 32.7 Å². The minimum Gasteiger partial charge on any atom is -0.496 e. The van der Waals surface area contributed by atoms with Crippen LogP contribution in [0.4, 0.5) is 0 Å². The molecule has 0 aliphatic carbocycles. The number of ether oxygens (including phenoxy) is 1. The van der Waals surface area contributed by atoms with Crippen molar-refractivity contribution >= 4 is 28.8 Å². The van der Waals surface area contributed by atoms with Gasteiger partial charge in [0.2, 0.25) is 0 Å². The number of nitrogens with zero attached hydrogens (tertiary/aromatic N) is 3. The highest BCUT2D eigenvalue weighted by Gasteiger charge is 2.19. The van der Waals surface area contributed by atoms with Crippen LogP contribution in [0, 0.1) is 0 Å². The van der Waals surface area contributed by atoms with Crippen molar-refractivity contribution in [1.82, 2.24) is 9.47 Å². The minimum absolute atomic E-state index is 0.00487. The monoisotopic (exact) mass is 395 g/mol. The van der Waals surface area contributed by atoms with E-state index in [0.717, 1.165) is 13.1 Å². The average Bonchev–Trinajstić information content (AvgIpc) is 2.96. The maximum absolute atomic E-state index is 12.8. The maximum atomic E-state index is 12.8. The molecule has 0 fully saturated rings. The van der Waals surface area contributed by atoms with Gasteiger partial charge < -0.3 is 14.2 Å². The molecule has 1 aromatic heterocycles. The topological polar surface area (TPSA) is 46.8 Å². The number of methoxy groups -OCH3 is 1. The van der Waals surface area contributed by atoms with Gasteiger partial charge in [-0.2, -0.15) is 4.99 Å². The first-order chi connectivity index (χ1) is 12.1. The second-order valence-corrected chi connectivity index (χ2v) is 8.83. The van der Waals surface area contributed by atoms with Crippen molar-refractivity contribution in [3.8, 4) is 5.75 Å². The van der Waals surface area contributed by atoms with Crippen LogP contribution in [0.15, 0.2) is 29.4 Å². The first kappa shape index (κ1) is 20.7. The maximum Gasteiger partial charge on any atom is 0.283 e.